The maximum Gasteiger partial charge on any atom is 0.269 e. The molecule has 8 nitrogen and oxygen atoms in total. The van der Waals surface area contributed by atoms with Crippen molar-refractivity contribution < 1.29 is 14.2 Å². The molecule has 126 valence electrons. The topological polar surface area (TPSA) is 111 Å². The Morgan fingerprint density at radius 2 is 1.84 bits per heavy atom. The summed E-state index contributed by atoms with van der Waals surface area (Å²) in [4.78, 5) is 26.3. The Kier molecular flexibility index (Phi) is 4.79. The van der Waals surface area contributed by atoms with Crippen LogP contribution in [-0.4, -0.2) is 21.0 Å². The predicted molar refractivity (Wildman–Crippen MR) is 88.4 cm³/mol. The number of amides is 1. The minimum Gasteiger partial charge on any atom is -0.347 e. The van der Waals surface area contributed by atoms with Gasteiger partial charge in [0.25, 0.3) is 5.69 Å². The van der Waals surface area contributed by atoms with Crippen molar-refractivity contribution in [2.24, 2.45) is 0 Å². The summed E-state index contributed by atoms with van der Waals surface area (Å²) in [6.45, 7) is 0.117. The van der Waals surface area contributed by atoms with Crippen molar-refractivity contribution in [2.45, 2.75) is 13.0 Å². The van der Waals surface area contributed by atoms with E-state index in [-0.39, 0.29) is 24.6 Å². The number of aromatic nitrogens is 2. The molecule has 1 N–H and O–H groups in total. The summed E-state index contributed by atoms with van der Waals surface area (Å²) < 4.78 is 5.11. The van der Waals surface area contributed by atoms with E-state index < -0.39 is 4.92 Å². The smallest absolute Gasteiger partial charge is 0.269 e. The van der Waals surface area contributed by atoms with Gasteiger partial charge in [0, 0.05) is 17.7 Å². The van der Waals surface area contributed by atoms with Gasteiger partial charge >= 0.3 is 0 Å². The van der Waals surface area contributed by atoms with Crippen LogP contribution in [0.2, 0.25) is 0 Å². The van der Waals surface area contributed by atoms with Crippen molar-refractivity contribution in [3.05, 3.63) is 76.2 Å². The highest BCUT2D eigenvalue weighted by molar-refractivity contribution is 5.78. The van der Waals surface area contributed by atoms with Gasteiger partial charge in [0.2, 0.25) is 17.6 Å². The zero-order valence-corrected chi connectivity index (χ0v) is 13.1. The Labute approximate surface area is 142 Å². The summed E-state index contributed by atoms with van der Waals surface area (Å²) >= 11 is 0. The van der Waals surface area contributed by atoms with E-state index in [1.165, 1.54) is 12.1 Å². The molecular formula is C17H14N4O4. The van der Waals surface area contributed by atoms with Crippen molar-refractivity contribution in [2.75, 3.05) is 0 Å². The summed E-state index contributed by atoms with van der Waals surface area (Å²) in [7, 11) is 0. The van der Waals surface area contributed by atoms with Crippen LogP contribution in [-0.2, 0) is 17.8 Å². The minimum atomic E-state index is -0.482. The summed E-state index contributed by atoms with van der Waals surface area (Å²) in [5, 5.41) is 17.2. The van der Waals surface area contributed by atoms with Gasteiger partial charge in [-0.15, -0.1) is 0 Å². The first-order valence-corrected chi connectivity index (χ1v) is 7.50. The third-order valence-electron chi connectivity index (χ3n) is 3.45. The quantitative estimate of drug-likeness (QED) is 0.546. The van der Waals surface area contributed by atoms with Crippen LogP contribution in [0.5, 0.6) is 0 Å². The van der Waals surface area contributed by atoms with Gasteiger partial charge in [-0.1, -0.05) is 47.6 Å². The number of nitro groups is 1. The van der Waals surface area contributed by atoms with Crippen LogP contribution in [0.1, 0.15) is 11.5 Å². The molecule has 3 rings (SSSR count). The van der Waals surface area contributed by atoms with E-state index in [2.05, 4.69) is 15.5 Å². The molecule has 0 saturated heterocycles. The molecule has 0 spiro atoms. The van der Waals surface area contributed by atoms with Crippen LogP contribution in [0.3, 0.4) is 0 Å². The Morgan fingerprint density at radius 1 is 1.12 bits per heavy atom. The lowest BCUT2D eigenvalue weighted by atomic mass is 10.1. The van der Waals surface area contributed by atoms with Crippen LogP contribution in [0.25, 0.3) is 11.4 Å². The largest absolute Gasteiger partial charge is 0.347 e. The summed E-state index contributed by atoms with van der Waals surface area (Å²) in [5.41, 5.74) is 1.50. The molecule has 0 unspecified atom stereocenters. The Hall–Kier alpha value is -3.55. The van der Waals surface area contributed by atoms with Gasteiger partial charge in [-0.3, -0.25) is 14.9 Å². The zero-order valence-electron chi connectivity index (χ0n) is 13.1. The fraction of sp³-hybridized carbons (Fsp3) is 0.118. The number of nitrogens with zero attached hydrogens (tertiary/aromatic N) is 3. The maximum absolute atomic E-state index is 11.9. The van der Waals surface area contributed by atoms with Crippen molar-refractivity contribution >= 4 is 11.6 Å². The van der Waals surface area contributed by atoms with Crippen molar-refractivity contribution in [3.8, 4) is 11.4 Å². The molecule has 0 bridgehead atoms. The van der Waals surface area contributed by atoms with E-state index in [1.54, 1.807) is 12.1 Å². The van der Waals surface area contributed by atoms with E-state index in [4.69, 9.17) is 4.52 Å². The lowest BCUT2D eigenvalue weighted by Gasteiger charge is -2.02. The summed E-state index contributed by atoms with van der Waals surface area (Å²) in [6, 6.07) is 15.2. The zero-order chi connectivity index (χ0) is 17.6. The van der Waals surface area contributed by atoms with E-state index in [9.17, 15) is 14.9 Å². The average molecular weight is 338 g/mol. The van der Waals surface area contributed by atoms with Gasteiger partial charge in [-0.25, -0.2) is 0 Å². The first kappa shape index (κ1) is 16.3. The number of non-ortho nitro benzene ring substituents is 1. The van der Waals surface area contributed by atoms with E-state index in [0.717, 1.165) is 5.56 Å². The number of nitro benzene ring substituents is 1. The van der Waals surface area contributed by atoms with Crippen LogP contribution < -0.4 is 5.32 Å². The molecule has 1 heterocycles. The van der Waals surface area contributed by atoms with Crippen LogP contribution in [0.4, 0.5) is 5.69 Å². The second kappa shape index (κ2) is 7.35. The molecule has 25 heavy (non-hydrogen) atoms. The second-order valence-electron chi connectivity index (χ2n) is 5.25. The van der Waals surface area contributed by atoms with Gasteiger partial charge in [-0.05, 0) is 5.56 Å². The van der Waals surface area contributed by atoms with E-state index in [0.29, 0.717) is 17.3 Å². The van der Waals surface area contributed by atoms with Crippen molar-refractivity contribution in [1.29, 1.82) is 0 Å². The molecule has 0 saturated carbocycles. The SMILES string of the molecule is O=C(Cc1ccc([N+](=O)[O-])cc1)NCc1nc(-c2ccccc2)no1. The molecule has 3 aromatic rings. The molecule has 0 fully saturated rings. The Morgan fingerprint density at radius 3 is 2.52 bits per heavy atom. The molecule has 0 aliphatic heterocycles. The Balaban J connectivity index is 1.54. The van der Waals surface area contributed by atoms with Gasteiger partial charge in [0.15, 0.2) is 0 Å². The van der Waals surface area contributed by atoms with Gasteiger partial charge in [0.05, 0.1) is 17.9 Å². The molecule has 0 atom stereocenters. The fourth-order valence-electron chi connectivity index (χ4n) is 2.19. The molecule has 8 heteroatoms. The van der Waals surface area contributed by atoms with E-state index >= 15 is 0 Å². The summed E-state index contributed by atoms with van der Waals surface area (Å²) in [5.74, 6) is 0.518. The fourth-order valence-corrected chi connectivity index (χ4v) is 2.19. The van der Waals surface area contributed by atoms with Gasteiger partial charge < -0.3 is 9.84 Å². The number of hydrogen-bond acceptors (Lipinski definition) is 6. The number of nitrogens with one attached hydrogen (secondary N) is 1. The second-order valence-corrected chi connectivity index (χ2v) is 5.25. The molecule has 0 aliphatic rings. The number of carbonyl (C=O) groups excluding carboxylic acids is 1. The molecule has 0 aliphatic carbocycles. The maximum atomic E-state index is 11.9. The third-order valence-corrected chi connectivity index (χ3v) is 3.45. The number of carbonyl (C=O) groups is 1. The minimum absolute atomic E-state index is 0.0107. The van der Waals surface area contributed by atoms with Gasteiger partial charge in [0.1, 0.15) is 0 Å². The first-order valence-electron chi connectivity index (χ1n) is 7.50. The highest BCUT2D eigenvalue weighted by Gasteiger charge is 2.11. The highest BCUT2D eigenvalue weighted by atomic mass is 16.6. The van der Waals surface area contributed by atoms with Crippen LogP contribution in [0, 0.1) is 10.1 Å². The highest BCUT2D eigenvalue weighted by Crippen LogP contribution is 2.15. The molecule has 0 radical (unpaired) electrons. The molecule has 1 amide bonds. The lowest BCUT2D eigenvalue weighted by Crippen LogP contribution is -2.24. The monoisotopic (exact) mass is 338 g/mol. The predicted octanol–water partition coefficient (Wildman–Crippen LogP) is 2.50. The molecular weight excluding hydrogens is 324 g/mol. The van der Waals surface area contributed by atoms with Crippen LogP contribution in [0.15, 0.2) is 59.1 Å². The number of benzene rings is 2. The van der Waals surface area contributed by atoms with E-state index in [1.807, 2.05) is 30.3 Å². The van der Waals surface area contributed by atoms with Crippen molar-refractivity contribution in [3.63, 3.8) is 0 Å². The van der Waals surface area contributed by atoms with Crippen molar-refractivity contribution in [1.82, 2.24) is 15.5 Å². The average Bonchev–Trinajstić information content (AvgIpc) is 3.10. The van der Waals surface area contributed by atoms with Crippen LogP contribution >= 0.6 is 0 Å². The first-order chi connectivity index (χ1) is 12.1. The normalized spacial score (nSPS) is 10.4. The number of hydrogen-bond donors (Lipinski definition) is 1. The van der Waals surface area contributed by atoms with Gasteiger partial charge in [-0.2, -0.15) is 4.98 Å². The molecule has 1 aromatic heterocycles. The summed E-state index contributed by atoms with van der Waals surface area (Å²) in [6.07, 6.45) is 0.109. The third kappa shape index (κ3) is 4.25. The molecule has 2 aromatic carbocycles. The lowest BCUT2D eigenvalue weighted by molar-refractivity contribution is -0.384. The Bertz CT molecular complexity index is 875. The standard InChI is InChI=1S/C17H14N4O4/c22-15(10-12-6-8-14(9-7-12)21(23)24)18-11-16-19-17(20-25-16)13-4-2-1-3-5-13/h1-9H,10-11H2,(H,18,22). The number of rotatable bonds is 6.